The van der Waals surface area contributed by atoms with Crippen LogP contribution in [0.5, 0.6) is 0 Å². The van der Waals surface area contributed by atoms with E-state index in [9.17, 15) is 30.6 Å². The van der Waals surface area contributed by atoms with Crippen LogP contribution in [0, 0.1) is 17.5 Å². The van der Waals surface area contributed by atoms with Gasteiger partial charge in [-0.25, -0.2) is 27.0 Å². The molecule has 2 aromatic rings. The van der Waals surface area contributed by atoms with Crippen LogP contribution in [0.3, 0.4) is 0 Å². The van der Waals surface area contributed by atoms with Gasteiger partial charge in [0.25, 0.3) is 0 Å². The number of rotatable bonds is 4. The minimum atomic E-state index is -5.45. The first-order valence-electron chi connectivity index (χ1n) is 9.37. The highest BCUT2D eigenvalue weighted by Crippen LogP contribution is 2.48. The summed E-state index contributed by atoms with van der Waals surface area (Å²) in [6, 6.07) is 5.90. The predicted molar refractivity (Wildman–Crippen MR) is 108 cm³/mol. The number of carboxylic acids is 2. The van der Waals surface area contributed by atoms with E-state index in [4.69, 9.17) is 19.8 Å². The van der Waals surface area contributed by atoms with Gasteiger partial charge in [0.2, 0.25) is 0 Å². The van der Waals surface area contributed by atoms with Gasteiger partial charge in [0, 0.05) is 6.54 Å². The number of benzene rings is 2. The molecule has 1 atom stereocenters. The van der Waals surface area contributed by atoms with E-state index in [1.54, 1.807) is 20.2 Å². The summed E-state index contributed by atoms with van der Waals surface area (Å²) < 4.78 is 95.8. The van der Waals surface area contributed by atoms with Crippen molar-refractivity contribution in [3.8, 4) is 0 Å². The van der Waals surface area contributed by atoms with Gasteiger partial charge in [0.15, 0.2) is 17.5 Å². The molecule has 0 aromatic heterocycles. The van der Waals surface area contributed by atoms with E-state index in [1.807, 2.05) is 4.90 Å². The summed E-state index contributed by atoms with van der Waals surface area (Å²) in [7, 11) is 1.20. The molecule has 0 aliphatic carbocycles. The van der Waals surface area contributed by atoms with Crippen molar-refractivity contribution in [2.45, 2.75) is 22.4 Å². The van der Waals surface area contributed by atoms with E-state index in [1.165, 1.54) is 18.2 Å². The van der Waals surface area contributed by atoms with E-state index in [0.29, 0.717) is 13.0 Å². The number of nitrogens with zero attached hydrogens (tertiary/aromatic N) is 2. The molecule has 0 saturated carbocycles. The molecular formula is C20H18F6N2O5S. The maximum atomic E-state index is 14.9. The Morgan fingerprint density at radius 3 is 2.06 bits per heavy atom. The van der Waals surface area contributed by atoms with Crippen molar-refractivity contribution in [2.24, 2.45) is 0 Å². The van der Waals surface area contributed by atoms with Crippen LogP contribution in [-0.2, 0) is 26.6 Å². The zero-order valence-electron chi connectivity index (χ0n) is 17.6. The lowest BCUT2D eigenvalue weighted by Crippen LogP contribution is -2.30. The minimum absolute atomic E-state index is 0.0265. The number of para-hydroxylation sites is 1. The lowest BCUT2D eigenvalue weighted by molar-refractivity contribution is -0.159. The molecule has 3 rings (SSSR count). The lowest BCUT2D eigenvalue weighted by atomic mass is 10.1. The van der Waals surface area contributed by atoms with E-state index in [0.717, 1.165) is 4.90 Å². The average Bonchev–Trinajstić information content (AvgIpc) is 2.72. The summed E-state index contributed by atoms with van der Waals surface area (Å²) in [6.07, 6.45) is -5.05. The van der Waals surface area contributed by atoms with Crippen molar-refractivity contribution >= 4 is 34.1 Å². The standard InChI is InChI=1S/C18H16F6N2OS.C2H2O4/c1-25(2)8-5-9-26-10-6-3-4-7-11(10)28(27)17-15(21)13(19)12(18(22,23)24)14(20)16(17)26;3-1(4)2(5)6/h3-4,6-7H,5,8-9H2,1-2H3;(H,3,4)(H,5,6). The third-order valence-corrected chi connectivity index (χ3v) is 6.01. The second-order valence-electron chi connectivity index (χ2n) is 7.15. The van der Waals surface area contributed by atoms with Gasteiger partial charge >= 0.3 is 18.1 Å². The van der Waals surface area contributed by atoms with E-state index in [-0.39, 0.29) is 17.1 Å². The Morgan fingerprint density at radius 2 is 1.56 bits per heavy atom. The molecule has 186 valence electrons. The SMILES string of the molecule is CN(C)CCCN1c2ccccc2S(=O)c2c(F)c(F)c(C(F)(F)F)c(F)c21.O=C(O)C(=O)O. The van der Waals surface area contributed by atoms with Crippen molar-refractivity contribution in [2.75, 3.05) is 32.1 Å². The number of halogens is 6. The Balaban J connectivity index is 0.000000604. The number of alkyl halides is 3. The largest absolute Gasteiger partial charge is 0.473 e. The molecule has 1 aliphatic rings. The number of anilines is 2. The van der Waals surface area contributed by atoms with Crippen molar-refractivity contribution in [1.82, 2.24) is 4.90 Å². The molecule has 1 unspecified atom stereocenters. The normalized spacial score (nSPS) is 14.7. The average molecular weight is 512 g/mol. The fourth-order valence-electron chi connectivity index (χ4n) is 3.13. The van der Waals surface area contributed by atoms with Gasteiger partial charge in [0.1, 0.15) is 10.5 Å². The molecule has 0 spiro atoms. The maximum absolute atomic E-state index is 14.9. The van der Waals surface area contributed by atoms with Crippen molar-refractivity contribution < 1.29 is 50.4 Å². The van der Waals surface area contributed by atoms with Crippen molar-refractivity contribution in [3.05, 3.63) is 47.3 Å². The van der Waals surface area contributed by atoms with Gasteiger partial charge in [0.05, 0.1) is 27.1 Å². The number of fused-ring (bicyclic) bond motifs is 2. The van der Waals surface area contributed by atoms with Crippen molar-refractivity contribution in [1.29, 1.82) is 0 Å². The van der Waals surface area contributed by atoms with E-state index in [2.05, 4.69) is 0 Å². The highest BCUT2D eigenvalue weighted by Gasteiger charge is 2.45. The molecule has 0 fully saturated rings. The third kappa shape index (κ3) is 5.50. The molecule has 2 N–H and O–H groups in total. The molecular weight excluding hydrogens is 494 g/mol. The topological polar surface area (TPSA) is 98.2 Å². The predicted octanol–water partition coefficient (Wildman–Crippen LogP) is 3.85. The van der Waals surface area contributed by atoms with Gasteiger partial charge in [-0.2, -0.15) is 13.2 Å². The molecule has 0 amide bonds. The van der Waals surface area contributed by atoms with Gasteiger partial charge in [-0.15, -0.1) is 0 Å². The zero-order valence-corrected chi connectivity index (χ0v) is 18.4. The summed E-state index contributed by atoms with van der Waals surface area (Å²) in [4.78, 5) is 20.3. The van der Waals surface area contributed by atoms with Crippen LogP contribution in [0.1, 0.15) is 12.0 Å². The maximum Gasteiger partial charge on any atom is 0.422 e. The van der Waals surface area contributed by atoms with Crippen LogP contribution in [0.4, 0.5) is 37.7 Å². The molecule has 0 bridgehead atoms. The zero-order chi connectivity index (χ0) is 26.0. The summed E-state index contributed by atoms with van der Waals surface area (Å²) in [5, 5.41) is 14.8. The van der Waals surface area contributed by atoms with Gasteiger partial charge in [-0.05, 0) is 39.2 Å². The van der Waals surface area contributed by atoms with Gasteiger partial charge < -0.3 is 20.0 Å². The van der Waals surface area contributed by atoms with E-state index < -0.39 is 62.5 Å². The first-order chi connectivity index (χ1) is 15.7. The van der Waals surface area contributed by atoms with Gasteiger partial charge in [-0.1, -0.05) is 12.1 Å². The highest BCUT2D eigenvalue weighted by atomic mass is 32.2. The molecule has 0 saturated heterocycles. The first-order valence-corrected chi connectivity index (χ1v) is 10.5. The number of carbonyl (C=O) groups is 2. The van der Waals surface area contributed by atoms with Crippen molar-refractivity contribution in [3.63, 3.8) is 0 Å². The Kier molecular flexibility index (Phi) is 8.31. The number of hydrogen-bond donors (Lipinski definition) is 2. The molecule has 34 heavy (non-hydrogen) atoms. The Labute approximate surface area is 191 Å². The van der Waals surface area contributed by atoms with Crippen LogP contribution < -0.4 is 4.90 Å². The van der Waals surface area contributed by atoms with Crippen LogP contribution in [0.25, 0.3) is 0 Å². The molecule has 7 nitrogen and oxygen atoms in total. The first kappa shape index (κ1) is 27.1. The smallest absolute Gasteiger partial charge is 0.422 e. The summed E-state index contributed by atoms with van der Waals surface area (Å²) >= 11 is 0. The van der Waals surface area contributed by atoms with Crippen LogP contribution in [0.2, 0.25) is 0 Å². The second-order valence-corrected chi connectivity index (χ2v) is 8.53. The molecule has 1 aliphatic heterocycles. The highest BCUT2D eigenvalue weighted by molar-refractivity contribution is 7.85. The monoisotopic (exact) mass is 512 g/mol. The van der Waals surface area contributed by atoms with E-state index >= 15 is 0 Å². The van der Waals surface area contributed by atoms with Crippen LogP contribution in [0.15, 0.2) is 34.1 Å². The molecule has 2 aromatic carbocycles. The Bertz CT molecular complexity index is 1130. The fraction of sp³-hybridized carbons (Fsp3) is 0.300. The third-order valence-electron chi connectivity index (χ3n) is 4.52. The van der Waals surface area contributed by atoms with Gasteiger partial charge in [-0.3, -0.25) is 0 Å². The van der Waals surface area contributed by atoms with Crippen LogP contribution in [-0.4, -0.2) is 58.4 Å². The Hall–Kier alpha value is -3.13. The number of aliphatic carboxylic acids is 2. The lowest BCUT2D eigenvalue weighted by Gasteiger charge is -2.34. The number of carboxylic acid groups (broad SMARTS) is 2. The quantitative estimate of drug-likeness (QED) is 0.365. The Morgan fingerprint density at radius 1 is 1.00 bits per heavy atom. The fourth-order valence-corrected chi connectivity index (χ4v) is 4.55. The molecule has 1 heterocycles. The van der Waals surface area contributed by atoms with Crippen LogP contribution >= 0.6 is 0 Å². The number of hydrogen-bond acceptors (Lipinski definition) is 5. The second kappa shape index (κ2) is 10.4. The molecule has 0 radical (unpaired) electrons. The summed E-state index contributed by atoms with van der Waals surface area (Å²) in [5.74, 6) is -9.95. The summed E-state index contributed by atoms with van der Waals surface area (Å²) in [6.45, 7) is 0.549. The summed E-state index contributed by atoms with van der Waals surface area (Å²) in [5.41, 5.74) is -2.95. The minimum Gasteiger partial charge on any atom is -0.473 e. The molecule has 14 heteroatoms.